The first-order chi connectivity index (χ1) is 10.7. The normalized spacial score (nSPS) is 29.8. The SMILES string of the molecule is CCCC1=CC2OCC1C=C[C@]2(C(=O)OC)c1ccccc1. The van der Waals surface area contributed by atoms with E-state index < -0.39 is 5.41 Å². The third-order valence-electron chi connectivity index (χ3n) is 4.65. The van der Waals surface area contributed by atoms with Crippen LogP contribution in [-0.4, -0.2) is 25.8 Å². The molecule has 2 unspecified atom stereocenters. The van der Waals surface area contributed by atoms with Crippen LogP contribution in [0.25, 0.3) is 0 Å². The van der Waals surface area contributed by atoms with E-state index in [0.717, 1.165) is 18.4 Å². The highest BCUT2D eigenvalue weighted by Crippen LogP contribution is 2.42. The van der Waals surface area contributed by atoms with E-state index in [9.17, 15) is 4.79 Å². The minimum Gasteiger partial charge on any atom is -0.468 e. The van der Waals surface area contributed by atoms with Crippen molar-refractivity contribution in [3.63, 3.8) is 0 Å². The zero-order valence-electron chi connectivity index (χ0n) is 13.1. The van der Waals surface area contributed by atoms with Crippen molar-refractivity contribution in [3.05, 3.63) is 59.7 Å². The van der Waals surface area contributed by atoms with E-state index in [1.165, 1.54) is 12.7 Å². The maximum absolute atomic E-state index is 12.7. The minimum absolute atomic E-state index is 0.269. The van der Waals surface area contributed by atoms with E-state index in [4.69, 9.17) is 9.47 Å². The Morgan fingerprint density at radius 2 is 2.14 bits per heavy atom. The fourth-order valence-electron chi connectivity index (χ4n) is 3.49. The highest BCUT2D eigenvalue weighted by Gasteiger charge is 2.49. The van der Waals surface area contributed by atoms with Crippen molar-refractivity contribution in [1.29, 1.82) is 0 Å². The summed E-state index contributed by atoms with van der Waals surface area (Å²) in [6, 6.07) is 9.78. The van der Waals surface area contributed by atoms with Crippen LogP contribution in [0, 0.1) is 5.92 Å². The van der Waals surface area contributed by atoms with Crippen molar-refractivity contribution in [2.45, 2.75) is 31.3 Å². The predicted octanol–water partition coefficient (Wildman–Crippen LogP) is 3.41. The van der Waals surface area contributed by atoms with Crippen molar-refractivity contribution in [2.75, 3.05) is 13.7 Å². The summed E-state index contributed by atoms with van der Waals surface area (Å²) >= 11 is 0. The van der Waals surface area contributed by atoms with Crippen molar-refractivity contribution >= 4 is 5.97 Å². The number of methoxy groups -OCH3 is 1. The van der Waals surface area contributed by atoms with Gasteiger partial charge in [-0.1, -0.05) is 67.5 Å². The number of hydrogen-bond acceptors (Lipinski definition) is 3. The highest BCUT2D eigenvalue weighted by atomic mass is 16.5. The molecule has 3 heteroatoms. The first-order valence-electron chi connectivity index (χ1n) is 7.88. The molecule has 0 saturated carbocycles. The number of rotatable bonds is 4. The number of benzene rings is 1. The van der Waals surface area contributed by atoms with E-state index >= 15 is 0 Å². The molecule has 22 heavy (non-hydrogen) atoms. The average Bonchev–Trinajstić information content (AvgIpc) is 2.84. The fraction of sp³-hybridized carbons (Fsp3) is 0.421. The van der Waals surface area contributed by atoms with Crippen LogP contribution in [-0.2, 0) is 19.7 Å². The van der Waals surface area contributed by atoms with E-state index in [1.807, 2.05) is 36.4 Å². The van der Waals surface area contributed by atoms with Gasteiger partial charge in [-0.25, -0.2) is 0 Å². The summed E-state index contributed by atoms with van der Waals surface area (Å²) in [5.74, 6) is 0.000965. The number of esters is 1. The van der Waals surface area contributed by atoms with Crippen LogP contribution in [0.5, 0.6) is 0 Å². The summed E-state index contributed by atoms with van der Waals surface area (Å²) in [6.45, 7) is 2.81. The first-order valence-corrected chi connectivity index (χ1v) is 7.88. The number of ether oxygens (including phenoxy) is 2. The molecule has 3 aliphatic rings. The van der Waals surface area contributed by atoms with E-state index in [-0.39, 0.29) is 18.0 Å². The van der Waals surface area contributed by atoms with Gasteiger partial charge in [-0.2, -0.15) is 0 Å². The Morgan fingerprint density at radius 3 is 2.82 bits per heavy atom. The Balaban J connectivity index is 2.14. The third kappa shape index (κ3) is 2.30. The zero-order chi connectivity index (χ0) is 15.6. The maximum Gasteiger partial charge on any atom is 0.323 e. The largest absolute Gasteiger partial charge is 0.468 e. The molecular formula is C19H22O3. The fourth-order valence-corrected chi connectivity index (χ4v) is 3.49. The second-order valence-corrected chi connectivity index (χ2v) is 5.94. The Morgan fingerprint density at radius 1 is 1.36 bits per heavy atom. The molecule has 0 spiro atoms. The van der Waals surface area contributed by atoms with Crippen LogP contribution >= 0.6 is 0 Å². The molecule has 2 bridgehead atoms. The molecule has 1 aromatic rings. The number of fused-ring (bicyclic) bond motifs is 2. The van der Waals surface area contributed by atoms with Crippen molar-refractivity contribution < 1.29 is 14.3 Å². The molecule has 4 rings (SSSR count). The van der Waals surface area contributed by atoms with E-state index in [2.05, 4.69) is 19.1 Å². The second kappa shape index (κ2) is 6.09. The lowest BCUT2D eigenvalue weighted by atomic mass is 9.75. The molecule has 3 atom stereocenters. The van der Waals surface area contributed by atoms with Crippen LogP contribution in [0.3, 0.4) is 0 Å². The molecule has 0 fully saturated rings. The lowest BCUT2D eigenvalue weighted by molar-refractivity contribution is -0.150. The van der Waals surface area contributed by atoms with E-state index in [1.54, 1.807) is 0 Å². The number of carbonyl (C=O) groups excluding carboxylic acids is 1. The Labute approximate surface area is 131 Å². The Kier molecular flexibility index (Phi) is 4.16. The predicted molar refractivity (Wildman–Crippen MR) is 85.5 cm³/mol. The smallest absolute Gasteiger partial charge is 0.323 e. The van der Waals surface area contributed by atoms with Crippen LogP contribution in [0.2, 0.25) is 0 Å². The van der Waals surface area contributed by atoms with Crippen LogP contribution < -0.4 is 0 Å². The molecule has 0 aromatic heterocycles. The lowest BCUT2D eigenvalue weighted by Gasteiger charge is -2.35. The quantitative estimate of drug-likeness (QED) is 0.631. The molecular weight excluding hydrogens is 276 g/mol. The molecule has 0 N–H and O–H groups in total. The van der Waals surface area contributed by atoms with Crippen LogP contribution in [0.15, 0.2) is 54.1 Å². The first kappa shape index (κ1) is 15.0. The topological polar surface area (TPSA) is 35.5 Å². The third-order valence-corrected chi connectivity index (χ3v) is 4.65. The van der Waals surface area contributed by atoms with E-state index in [0.29, 0.717) is 6.61 Å². The molecule has 3 nitrogen and oxygen atoms in total. The molecule has 2 aliphatic heterocycles. The Bertz CT molecular complexity index is 602. The number of carbonyl (C=O) groups is 1. The lowest BCUT2D eigenvalue weighted by Crippen LogP contribution is -2.46. The summed E-state index contributed by atoms with van der Waals surface area (Å²) in [5, 5.41) is 0. The van der Waals surface area contributed by atoms with Crippen molar-refractivity contribution in [1.82, 2.24) is 0 Å². The summed E-state index contributed by atoms with van der Waals surface area (Å²) in [5.41, 5.74) is 1.40. The summed E-state index contributed by atoms with van der Waals surface area (Å²) < 4.78 is 11.2. The average molecular weight is 298 g/mol. The molecule has 2 heterocycles. The highest BCUT2D eigenvalue weighted by molar-refractivity contribution is 5.87. The van der Waals surface area contributed by atoms with Crippen molar-refractivity contribution in [3.8, 4) is 0 Å². The van der Waals surface area contributed by atoms with Gasteiger partial charge in [-0.3, -0.25) is 4.79 Å². The monoisotopic (exact) mass is 298 g/mol. The Hall–Kier alpha value is -1.87. The van der Waals surface area contributed by atoms with Crippen LogP contribution in [0.1, 0.15) is 25.3 Å². The van der Waals surface area contributed by atoms with Gasteiger partial charge in [0, 0.05) is 5.92 Å². The molecule has 0 radical (unpaired) electrons. The summed E-state index contributed by atoms with van der Waals surface area (Å²) in [6.07, 6.45) is 8.09. The molecule has 1 aliphatic carbocycles. The van der Waals surface area contributed by atoms with Gasteiger partial charge < -0.3 is 9.47 Å². The summed E-state index contributed by atoms with van der Waals surface area (Å²) in [4.78, 5) is 12.7. The number of hydrogen-bond donors (Lipinski definition) is 0. The maximum atomic E-state index is 12.7. The van der Waals surface area contributed by atoms with Gasteiger partial charge in [0.05, 0.1) is 19.8 Å². The molecule has 0 saturated heterocycles. The standard InChI is InChI=1S/C19H22O3/c1-3-7-14-12-17-19(18(20)21-2,11-10-15(14)13-22-17)16-8-5-4-6-9-16/h4-6,8-12,15,17H,3,7,13H2,1-2H3/t15?,17?,19-/m0/s1. The molecule has 116 valence electrons. The van der Waals surface area contributed by atoms with Crippen molar-refractivity contribution in [2.24, 2.45) is 5.92 Å². The van der Waals surface area contributed by atoms with Gasteiger partial charge in [0.2, 0.25) is 0 Å². The molecule has 1 aromatic carbocycles. The summed E-state index contributed by atoms with van der Waals surface area (Å²) in [7, 11) is 1.44. The van der Waals surface area contributed by atoms with Gasteiger partial charge in [0.1, 0.15) is 5.41 Å². The van der Waals surface area contributed by atoms with Gasteiger partial charge in [-0.15, -0.1) is 0 Å². The molecule has 0 amide bonds. The van der Waals surface area contributed by atoms with Gasteiger partial charge in [0.15, 0.2) is 0 Å². The van der Waals surface area contributed by atoms with Gasteiger partial charge >= 0.3 is 5.97 Å². The van der Waals surface area contributed by atoms with Gasteiger partial charge in [0.25, 0.3) is 0 Å². The minimum atomic E-state index is -0.889. The zero-order valence-corrected chi connectivity index (χ0v) is 13.1. The van der Waals surface area contributed by atoms with Crippen LogP contribution in [0.4, 0.5) is 0 Å². The second-order valence-electron chi connectivity index (χ2n) is 5.94. The van der Waals surface area contributed by atoms with Gasteiger partial charge in [-0.05, 0) is 12.0 Å².